The summed E-state index contributed by atoms with van der Waals surface area (Å²) in [5.74, 6) is 1.52. The van der Waals surface area contributed by atoms with E-state index >= 15 is 0 Å². The van der Waals surface area contributed by atoms with E-state index in [1.807, 2.05) is 0 Å². The molecular weight excluding hydrogens is 352 g/mol. The van der Waals surface area contributed by atoms with E-state index in [0.717, 1.165) is 6.54 Å². The third-order valence-corrected chi connectivity index (χ3v) is 5.52. The summed E-state index contributed by atoms with van der Waals surface area (Å²) < 4.78 is 4.91. The van der Waals surface area contributed by atoms with Crippen LogP contribution in [0.25, 0.3) is 0 Å². The van der Waals surface area contributed by atoms with Gasteiger partial charge in [-0.1, -0.05) is 18.5 Å². The first-order valence-electron chi connectivity index (χ1n) is 9.29. The van der Waals surface area contributed by atoms with Gasteiger partial charge in [0, 0.05) is 19.2 Å². The van der Waals surface area contributed by atoms with Gasteiger partial charge >= 0.3 is 0 Å². The molecule has 2 rings (SSSR count). The number of hydrogen-bond donors (Lipinski definition) is 2. The fourth-order valence-corrected chi connectivity index (χ4v) is 3.63. The normalized spacial score (nSPS) is 17.5. The Labute approximate surface area is 159 Å². The summed E-state index contributed by atoms with van der Waals surface area (Å²) in [5, 5.41) is 9.04. The lowest BCUT2D eigenvalue weighted by atomic mass is 10.1. The zero-order valence-corrected chi connectivity index (χ0v) is 16.7. The van der Waals surface area contributed by atoms with Crippen LogP contribution >= 0.6 is 11.8 Å². The molecule has 1 saturated heterocycles. The Kier molecular flexibility index (Phi) is 8.44. The van der Waals surface area contributed by atoms with Crippen molar-refractivity contribution >= 4 is 29.4 Å². The average molecular weight is 383 g/mol. The van der Waals surface area contributed by atoms with Gasteiger partial charge in [0.25, 0.3) is 0 Å². The summed E-state index contributed by atoms with van der Waals surface area (Å²) in [7, 11) is 0. The maximum atomic E-state index is 12.1. The van der Waals surface area contributed by atoms with Crippen molar-refractivity contribution in [2.24, 2.45) is 5.92 Å². The molecule has 1 aliphatic heterocycles. The van der Waals surface area contributed by atoms with Crippen molar-refractivity contribution in [2.45, 2.75) is 45.3 Å². The number of aromatic nitrogens is 1. The van der Waals surface area contributed by atoms with Gasteiger partial charge in [0.1, 0.15) is 5.76 Å². The number of rotatable bonds is 9. The molecule has 7 nitrogen and oxygen atoms in total. The summed E-state index contributed by atoms with van der Waals surface area (Å²) in [6.07, 6.45) is 3.90. The Bertz CT molecular complexity index is 587. The Morgan fingerprint density at radius 1 is 1.31 bits per heavy atom. The van der Waals surface area contributed by atoms with Crippen LogP contribution in [0.15, 0.2) is 10.6 Å². The second-order valence-corrected chi connectivity index (χ2v) is 8.36. The van der Waals surface area contributed by atoms with Gasteiger partial charge in [-0.25, -0.2) is 0 Å². The van der Waals surface area contributed by atoms with Crippen LogP contribution in [0.3, 0.4) is 0 Å². The predicted molar refractivity (Wildman–Crippen MR) is 104 cm³/mol. The molecule has 2 unspecified atom stereocenters. The van der Waals surface area contributed by atoms with E-state index in [4.69, 9.17) is 4.52 Å². The van der Waals surface area contributed by atoms with Gasteiger partial charge in [0.05, 0.1) is 11.0 Å². The Balaban J connectivity index is 1.60. The molecule has 2 atom stereocenters. The topological polar surface area (TPSA) is 87.5 Å². The number of anilines is 1. The minimum Gasteiger partial charge on any atom is -0.360 e. The first-order chi connectivity index (χ1) is 12.4. The van der Waals surface area contributed by atoms with Crippen molar-refractivity contribution in [2.75, 3.05) is 37.2 Å². The van der Waals surface area contributed by atoms with Gasteiger partial charge in [-0.05, 0) is 45.7 Å². The third-order valence-electron chi connectivity index (χ3n) is 4.38. The first-order valence-corrected chi connectivity index (χ1v) is 10.3. The maximum absolute atomic E-state index is 12.1. The van der Waals surface area contributed by atoms with Crippen LogP contribution in [-0.4, -0.2) is 59.1 Å². The molecule has 146 valence electrons. The highest BCUT2D eigenvalue weighted by Gasteiger charge is 2.18. The standard InChI is InChI=1S/C18H30N4O3S/c1-13(11-22-7-5-4-6-8-22)10-19-17(23)12-26-15(3)18(24)20-16-9-14(2)25-21-16/h9,13,15H,4-8,10-12H2,1-3H3,(H,19,23)(H,20,21,24). The number of nitrogens with one attached hydrogen (secondary N) is 2. The van der Waals surface area contributed by atoms with Gasteiger partial charge in [0.2, 0.25) is 11.8 Å². The van der Waals surface area contributed by atoms with E-state index < -0.39 is 0 Å². The van der Waals surface area contributed by atoms with E-state index in [1.54, 1.807) is 19.9 Å². The van der Waals surface area contributed by atoms with Gasteiger partial charge in [-0.2, -0.15) is 0 Å². The van der Waals surface area contributed by atoms with Crippen molar-refractivity contribution in [3.8, 4) is 0 Å². The molecule has 0 bridgehead atoms. The fraction of sp³-hybridized carbons (Fsp3) is 0.722. The molecule has 2 N–H and O–H groups in total. The molecule has 2 heterocycles. The molecule has 1 fully saturated rings. The Hall–Kier alpha value is -1.54. The lowest BCUT2D eigenvalue weighted by Crippen LogP contribution is -2.38. The lowest BCUT2D eigenvalue weighted by Gasteiger charge is -2.29. The van der Waals surface area contributed by atoms with Crippen molar-refractivity contribution in [3.63, 3.8) is 0 Å². The summed E-state index contributed by atoms with van der Waals surface area (Å²) >= 11 is 1.31. The van der Waals surface area contributed by atoms with Crippen molar-refractivity contribution in [1.82, 2.24) is 15.4 Å². The van der Waals surface area contributed by atoms with Crippen molar-refractivity contribution < 1.29 is 14.1 Å². The lowest BCUT2D eigenvalue weighted by molar-refractivity contribution is -0.118. The highest BCUT2D eigenvalue weighted by Crippen LogP contribution is 2.14. The van der Waals surface area contributed by atoms with Crippen molar-refractivity contribution in [1.29, 1.82) is 0 Å². The monoisotopic (exact) mass is 382 g/mol. The zero-order valence-electron chi connectivity index (χ0n) is 15.9. The second kappa shape index (κ2) is 10.6. The molecule has 2 amide bonds. The molecule has 0 radical (unpaired) electrons. The van der Waals surface area contributed by atoms with Gasteiger partial charge < -0.3 is 20.1 Å². The van der Waals surface area contributed by atoms with E-state index in [1.165, 1.54) is 44.1 Å². The van der Waals surface area contributed by atoms with Crippen LogP contribution in [0, 0.1) is 12.8 Å². The largest absolute Gasteiger partial charge is 0.360 e. The number of aryl methyl sites for hydroxylation is 1. The third kappa shape index (κ3) is 7.37. The van der Waals surface area contributed by atoms with Gasteiger partial charge in [-0.3, -0.25) is 9.59 Å². The van der Waals surface area contributed by atoms with Crippen LogP contribution in [0.5, 0.6) is 0 Å². The summed E-state index contributed by atoms with van der Waals surface area (Å²) in [4.78, 5) is 26.6. The maximum Gasteiger partial charge on any atom is 0.238 e. The van der Waals surface area contributed by atoms with Gasteiger partial charge in [0.15, 0.2) is 5.82 Å². The summed E-state index contributed by atoms with van der Waals surface area (Å²) in [6.45, 7) is 9.75. The second-order valence-electron chi connectivity index (χ2n) is 7.04. The molecule has 1 aliphatic rings. The van der Waals surface area contributed by atoms with E-state index in [2.05, 4.69) is 27.6 Å². The molecule has 8 heteroatoms. The number of thioether (sulfide) groups is 1. The van der Waals surface area contributed by atoms with Crippen LogP contribution in [0.1, 0.15) is 38.9 Å². The zero-order chi connectivity index (χ0) is 18.9. The number of carbonyl (C=O) groups excluding carboxylic acids is 2. The minimum atomic E-state index is -0.344. The smallest absolute Gasteiger partial charge is 0.238 e. The van der Waals surface area contributed by atoms with Crippen LogP contribution in [-0.2, 0) is 9.59 Å². The highest BCUT2D eigenvalue weighted by molar-refractivity contribution is 8.01. The molecule has 1 aromatic rings. The molecule has 1 aromatic heterocycles. The SMILES string of the molecule is Cc1cc(NC(=O)C(C)SCC(=O)NCC(C)CN2CCCCC2)no1. The molecule has 0 saturated carbocycles. The average Bonchev–Trinajstić information content (AvgIpc) is 3.03. The highest BCUT2D eigenvalue weighted by atomic mass is 32.2. The fourth-order valence-electron chi connectivity index (χ4n) is 2.92. The number of nitrogens with zero attached hydrogens (tertiary/aromatic N) is 2. The molecule has 26 heavy (non-hydrogen) atoms. The molecular formula is C18H30N4O3S. The van der Waals surface area contributed by atoms with E-state index in [9.17, 15) is 9.59 Å². The minimum absolute atomic E-state index is 0.0302. The van der Waals surface area contributed by atoms with Crippen LogP contribution in [0.2, 0.25) is 0 Å². The van der Waals surface area contributed by atoms with Crippen LogP contribution < -0.4 is 10.6 Å². The van der Waals surface area contributed by atoms with Gasteiger partial charge in [-0.15, -0.1) is 11.8 Å². The van der Waals surface area contributed by atoms with Crippen molar-refractivity contribution in [3.05, 3.63) is 11.8 Å². The summed E-state index contributed by atoms with van der Waals surface area (Å²) in [5.41, 5.74) is 0. The number of piperidine rings is 1. The Morgan fingerprint density at radius 3 is 2.69 bits per heavy atom. The number of carbonyl (C=O) groups is 2. The number of likely N-dealkylation sites (tertiary alicyclic amines) is 1. The molecule has 0 spiro atoms. The molecule has 0 aromatic carbocycles. The van der Waals surface area contributed by atoms with E-state index in [0.29, 0.717) is 24.0 Å². The predicted octanol–water partition coefficient (Wildman–Crippen LogP) is 2.28. The first kappa shape index (κ1) is 20.8. The Morgan fingerprint density at radius 2 is 2.04 bits per heavy atom. The number of hydrogen-bond acceptors (Lipinski definition) is 6. The quantitative estimate of drug-likeness (QED) is 0.681. The van der Waals surface area contributed by atoms with E-state index in [-0.39, 0.29) is 22.8 Å². The molecule has 0 aliphatic carbocycles. The van der Waals surface area contributed by atoms with Crippen LogP contribution in [0.4, 0.5) is 5.82 Å². The number of amides is 2. The summed E-state index contributed by atoms with van der Waals surface area (Å²) in [6, 6.07) is 1.66.